The molecule has 1 amide bonds. The topological polar surface area (TPSA) is 86.3 Å². The van der Waals surface area contributed by atoms with Crippen molar-refractivity contribution in [1.82, 2.24) is 15.0 Å². The summed E-state index contributed by atoms with van der Waals surface area (Å²) in [6.07, 6.45) is -0.996. The molecule has 2 N–H and O–H groups in total. The number of amides is 1. The molecule has 0 spiro atoms. The van der Waals surface area contributed by atoms with Crippen LogP contribution in [0.3, 0.4) is 0 Å². The highest BCUT2D eigenvalue weighted by Gasteiger charge is 2.36. The summed E-state index contributed by atoms with van der Waals surface area (Å²) in [4.78, 5) is 27.8. The highest BCUT2D eigenvalue weighted by atomic mass is 19.4. The third-order valence-electron chi connectivity index (χ3n) is 6.04. The van der Waals surface area contributed by atoms with Gasteiger partial charge in [0.15, 0.2) is 11.5 Å². The fourth-order valence-corrected chi connectivity index (χ4v) is 3.79. The second-order valence-electron chi connectivity index (χ2n) is 8.13. The lowest BCUT2D eigenvalue weighted by Gasteiger charge is -2.42. The average Bonchev–Trinajstić information content (AvgIpc) is 2.68. The Morgan fingerprint density at radius 1 is 1.26 bits per heavy atom. The lowest BCUT2D eigenvalue weighted by Crippen LogP contribution is -2.49. The number of nitrogens with zero attached hydrogens (tertiary/aromatic N) is 5. The Balaban J connectivity index is 1.39. The van der Waals surface area contributed by atoms with E-state index in [1.807, 2.05) is 36.8 Å². The Hall–Kier alpha value is -3.11. The van der Waals surface area contributed by atoms with Crippen molar-refractivity contribution in [3.05, 3.63) is 29.7 Å². The summed E-state index contributed by atoms with van der Waals surface area (Å²) >= 11 is 0. The van der Waals surface area contributed by atoms with Crippen LogP contribution < -0.4 is 20.4 Å². The van der Waals surface area contributed by atoms with E-state index in [4.69, 9.17) is 0 Å². The summed E-state index contributed by atoms with van der Waals surface area (Å²) in [7, 11) is 3.65. The van der Waals surface area contributed by atoms with Gasteiger partial charge in [-0.05, 0) is 38.3 Å². The van der Waals surface area contributed by atoms with Gasteiger partial charge in [0.05, 0.1) is 18.1 Å². The molecule has 0 aromatic carbocycles. The van der Waals surface area contributed by atoms with Crippen LogP contribution in [0.4, 0.5) is 36.3 Å². The van der Waals surface area contributed by atoms with Crippen LogP contribution >= 0.6 is 0 Å². The smallest absolute Gasteiger partial charge is 0.367 e. The van der Waals surface area contributed by atoms with Crippen LogP contribution in [0, 0.1) is 6.92 Å². The number of rotatable bonds is 4. The molecule has 0 unspecified atom stereocenters. The number of carbonyl (C=O) groups is 1. The number of halogens is 3. The molecule has 2 aromatic heterocycles. The molecule has 31 heavy (non-hydrogen) atoms. The molecule has 4 rings (SSSR count). The van der Waals surface area contributed by atoms with E-state index in [0.29, 0.717) is 5.82 Å². The van der Waals surface area contributed by atoms with E-state index in [1.165, 1.54) is 0 Å². The van der Waals surface area contributed by atoms with Crippen LogP contribution in [0.2, 0.25) is 0 Å². The molecule has 1 aliphatic carbocycles. The Bertz CT molecular complexity index is 990. The van der Waals surface area contributed by atoms with Gasteiger partial charge in [-0.15, -0.1) is 0 Å². The predicted molar refractivity (Wildman–Crippen MR) is 111 cm³/mol. The Morgan fingerprint density at radius 3 is 2.58 bits per heavy atom. The average molecular weight is 435 g/mol. The van der Waals surface area contributed by atoms with Crippen molar-refractivity contribution in [3.8, 4) is 0 Å². The van der Waals surface area contributed by atoms with E-state index < -0.39 is 11.9 Å². The second-order valence-corrected chi connectivity index (χ2v) is 8.13. The lowest BCUT2D eigenvalue weighted by atomic mass is 9.85. The number of hydrogen-bond acceptors (Lipinski definition) is 7. The highest BCUT2D eigenvalue weighted by molar-refractivity contribution is 6.03. The fourth-order valence-electron chi connectivity index (χ4n) is 3.79. The minimum absolute atomic E-state index is 0.0585. The molecule has 0 saturated heterocycles. The van der Waals surface area contributed by atoms with Crippen molar-refractivity contribution < 1.29 is 18.0 Å². The normalized spacial score (nSPS) is 23.0. The largest absolute Gasteiger partial charge is 0.434 e. The number of aryl methyl sites for hydroxylation is 1. The van der Waals surface area contributed by atoms with Crippen LogP contribution in [0.25, 0.3) is 0 Å². The predicted octanol–water partition coefficient (Wildman–Crippen LogP) is 3.05. The molecular weight excluding hydrogens is 411 g/mol. The first-order valence-electron chi connectivity index (χ1n) is 9.98. The quantitative estimate of drug-likeness (QED) is 0.763. The zero-order chi connectivity index (χ0) is 22.5. The number of fused-ring (bicyclic) bond motifs is 1. The molecular formula is C20H24F3N7O. The number of alkyl halides is 3. The standard InChI is InChI=1S/C20H24F3N7O/c1-10-5-15(27-18-17(10)28-19(31)11(2)29(18)3)26-12-6-13(7-12)30(4)16-9-24-14(8-25-16)20(21,22)23/h5,8-9,11-13H,6-7H2,1-4H3,(H,26,27)(H,28,31)/t11-,12-,13+/m0/s1. The molecule has 0 bridgehead atoms. The minimum atomic E-state index is -4.50. The van der Waals surface area contributed by atoms with Crippen LogP contribution in [0.1, 0.15) is 31.0 Å². The van der Waals surface area contributed by atoms with E-state index in [0.717, 1.165) is 48.1 Å². The zero-order valence-corrected chi connectivity index (χ0v) is 17.7. The van der Waals surface area contributed by atoms with Crippen molar-refractivity contribution in [3.63, 3.8) is 0 Å². The monoisotopic (exact) mass is 435 g/mol. The molecule has 0 radical (unpaired) electrons. The van der Waals surface area contributed by atoms with Crippen LogP contribution in [0.15, 0.2) is 18.5 Å². The van der Waals surface area contributed by atoms with Gasteiger partial charge < -0.3 is 20.4 Å². The van der Waals surface area contributed by atoms with Crippen molar-refractivity contribution in [2.24, 2.45) is 0 Å². The summed E-state index contributed by atoms with van der Waals surface area (Å²) < 4.78 is 38.0. The van der Waals surface area contributed by atoms with E-state index in [2.05, 4.69) is 25.6 Å². The van der Waals surface area contributed by atoms with Gasteiger partial charge >= 0.3 is 6.18 Å². The SMILES string of the molecule is Cc1cc(N[C@H]2C[C@@H](N(C)c3cnc(C(F)(F)F)cn3)C2)nc2c1NC(=O)[C@H](C)N2C. The van der Waals surface area contributed by atoms with Crippen LogP contribution in [0.5, 0.6) is 0 Å². The second kappa shape index (κ2) is 7.54. The zero-order valence-electron chi connectivity index (χ0n) is 17.7. The van der Waals surface area contributed by atoms with Crippen LogP contribution in [-0.4, -0.2) is 53.1 Å². The van der Waals surface area contributed by atoms with Crippen molar-refractivity contribution >= 4 is 29.0 Å². The first kappa shape index (κ1) is 21.1. The number of hydrogen-bond donors (Lipinski definition) is 2. The maximum Gasteiger partial charge on any atom is 0.434 e. The molecule has 1 atom stereocenters. The third-order valence-corrected chi connectivity index (χ3v) is 6.04. The van der Waals surface area contributed by atoms with Gasteiger partial charge in [-0.25, -0.2) is 15.0 Å². The summed E-state index contributed by atoms with van der Waals surface area (Å²) in [5, 5.41) is 6.33. The van der Waals surface area contributed by atoms with Gasteiger partial charge in [0.2, 0.25) is 5.91 Å². The molecule has 1 aliphatic heterocycles. The van der Waals surface area contributed by atoms with Crippen molar-refractivity contribution in [2.75, 3.05) is 34.5 Å². The molecule has 11 heteroatoms. The van der Waals surface area contributed by atoms with Crippen molar-refractivity contribution in [2.45, 2.75) is 51.0 Å². The van der Waals surface area contributed by atoms with E-state index in [9.17, 15) is 18.0 Å². The number of pyridine rings is 1. The first-order valence-corrected chi connectivity index (χ1v) is 9.98. The number of likely N-dealkylation sites (N-methyl/N-ethyl adjacent to an activating group) is 1. The van der Waals surface area contributed by atoms with Gasteiger partial charge in [-0.1, -0.05) is 0 Å². The number of nitrogens with one attached hydrogen (secondary N) is 2. The molecule has 166 valence electrons. The fraction of sp³-hybridized carbons (Fsp3) is 0.500. The Labute approximate surface area is 177 Å². The summed E-state index contributed by atoms with van der Waals surface area (Å²) in [6.45, 7) is 3.75. The molecule has 1 saturated carbocycles. The van der Waals surface area contributed by atoms with E-state index in [-0.39, 0.29) is 24.0 Å². The van der Waals surface area contributed by atoms with Gasteiger partial charge in [0.25, 0.3) is 0 Å². The molecule has 8 nitrogen and oxygen atoms in total. The van der Waals surface area contributed by atoms with E-state index in [1.54, 1.807) is 7.05 Å². The maximum absolute atomic E-state index is 12.7. The number of aromatic nitrogens is 3. The van der Waals surface area contributed by atoms with Crippen molar-refractivity contribution in [1.29, 1.82) is 0 Å². The number of carbonyl (C=O) groups excluding carboxylic acids is 1. The number of anilines is 4. The molecule has 3 heterocycles. The molecule has 1 fully saturated rings. The lowest BCUT2D eigenvalue weighted by molar-refractivity contribution is -0.141. The first-order chi connectivity index (χ1) is 14.5. The Morgan fingerprint density at radius 2 is 1.97 bits per heavy atom. The van der Waals surface area contributed by atoms with Gasteiger partial charge in [0, 0.05) is 26.2 Å². The summed E-state index contributed by atoms with van der Waals surface area (Å²) in [6, 6.07) is 1.92. The molecule has 2 aliphatic rings. The van der Waals surface area contributed by atoms with Crippen LogP contribution in [-0.2, 0) is 11.0 Å². The highest BCUT2D eigenvalue weighted by Crippen LogP contribution is 2.36. The summed E-state index contributed by atoms with van der Waals surface area (Å²) in [5.74, 6) is 1.80. The maximum atomic E-state index is 12.7. The van der Waals surface area contributed by atoms with E-state index >= 15 is 0 Å². The van der Waals surface area contributed by atoms with Gasteiger partial charge in [-0.2, -0.15) is 13.2 Å². The third kappa shape index (κ3) is 3.96. The van der Waals surface area contributed by atoms with Gasteiger partial charge in [-0.3, -0.25) is 4.79 Å². The van der Waals surface area contributed by atoms with Gasteiger partial charge in [0.1, 0.15) is 17.7 Å². The minimum Gasteiger partial charge on any atom is -0.367 e. The summed E-state index contributed by atoms with van der Waals surface area (Å²) in [5.41, 5.74) is 0.651. The Kier molecular flexibility index (Phi) is 5.14. The molecule has 2 aromatic rings.